The molecule has 1 amide bonds. The van der Waals surface area contributed by atoms with Crippen LogP contribution in [0.4, 0.5) is 0 Å². The van der Waals surface area contributed by atoms with Gasteiger partial charge in [-0.2, -0.15) is 5.10 Å². The maximum Gasteiger partial charge on any atom is 0.300 e. The summed E-state index contributed by atoms with van der Waals surface area (Å²) in [5, 5.41) is 13.1. The number of primary amides is 1. The number of fused-ring (bicyclic) bond motifs is 1. The highest BCUT2D eigenvalue weighted by molar-refractivity contribution is 5.89. The minimum absolute atomic E-state index is 0.0360. The van der Waals surface area contributed by atoms with E-state index in [1.165, 1.54) is 0 Å². The predicted molar refractivity (Wildman–Crippen MR) is 117 cm³/mol. The summed E-state index contributed by atoms with van der Waals surface area (Å²) in [6.07, 6.45) is 5.71. The van der Waals surface area contributed by atoms with Crippen molar-refractivity contribution in [3.8, 4) is 5.69 Å². The molecule has 2 heterocycles. The number of para-hydroxylation sites is 1. The van der Waals surface area contributed by atoms with Crippen molar-refractivity contribution in [2.45, 2.75) is 57.9 Å². The van der Waals surface area contributed by atoms with E-state index in [2.05, 4.69) is 10.1 Å². The summed E-state index contributed by atoms with van der Waals surface area (Å²) in [6, 6.07) is 8.31. The molecule has 1 fully saturated rings. The average molecular weight is 425 g/mol. The molecule has 1 aromatic carbocycles. The van der Waals surface area contributed by atoms with Crippen molar-refractivity contribution in [3.05, 3.63) is 47.7 Å². The number of aliphatic carboxylic acids is 1. The highest BCUT2D eigenvalue weighted by atomic mass is 16.4. The van der Waals surface area contributed by atoms with Crippen LogP contribution in [-0.4, -0.2) is 42.8 Å². The number of carboxylic acids is 1. The molecule has 0 unspecified atom stereocenters. The number of nitrogens with two attached hydrogens (primary N) is 2. The van der Waals surface area contributed by atoms with Gasteiger partial charge in [-0.15, -0.1) is 0 Å². The van der Waals surface area contributed by atoms with Crippen LogP contribution in [0.15, 0.2) is 30.5 Å². The number of benzene rings is 1. The maximum absolute atomic E-state index is 11.4. The van der Waals surface area contributed by atoms with E-state index in [0.29, 0.717) is 5.82 Å². The third kappa shape index (κ3) is 5.43. The molecule has 0 spiro atoms. The first-order valence-corrected chi connectivity index (χ1v) is 10.3. The van der Waals surface area contributed by atoms with Gasteiger partial charge in [0.1, 0.15) is 5.82 Å². The lowest BCUT2D eigenvalue weighted by Gasteiger charge is -2.25. The van der Waals surface area contributed by atoms with Gasteiger partial charge in [0.05, 0.1) is 17.6 Å². The van der Waals surface area contributed by atoms with Crippen LogP contribution in [0.25, 0.3) is 16.6 Å². The van der Waals surface area contributed by atoms with Crippen molar-refractivity contribution in [1.29, 1.82) is 0 Å². The van der Waals surface area contributed by atoms with Crippen molar-refractivity contribution in [3.63, 3.8) is 0 Å². The second-order valence-electron chi connectivity index (χ2n) is 7.87. The predicted octanol–water partition coefficient (Wildman–Crippen LogP) is 2.23. The van der Waals surface area contributed by atoms with Crippen LogP contribution in [0, 0.1) is 6.92 Å². The van der Waals surface area contributed by atoms with E-state index < -0.39 is 11.9 Å². The van der Waals surface area contributed by atoms with E-state index in [9.17, 15) is 4.79 Å². The smallest absolute Gasteiger partial charge is 0.300 e. The molecule has 9 nitrogen and oxygen atoms in total. The third-order valence-corrected chi connectivity index (χ3v) is 5.32. The fraction of sp³-hybridized carbons (Fsp3) is 0.409. The Hall–Kier alpha value is -3.33. The minimum Gasteiger partial charge on any atom is -0.481 e. The summed E-state index contributed by atoms with van der Waals surface area (Å²) >= 11 is 0. The van der Waals surface area contributed by atoms with Crippen LogP contribution < -0.4 is 11.5 Å². The largest absolute Gasteiger partial charge is 0.481 e. The molecule has 5 N–H and O–H groups in total. The Morgan fingerprint density at radius 3 is 2.52 bits per heavy atom. The van der Waals surface area contributed by atoms with E-state index in [4.69, 9.17) is 26.4 Å². The Kier molecular flexibility index (Phi) is 6.96. The molecule has 0 radical (unpaired) electrons. The summed E-state index contributed by atoms with van der Waals surface area (Å²) in [5.41, 5.74) is 14.4. The summed E-state index contributed by atoms with van der Waals surface area (Å²) < 4.78 is 1.88. The van der Waals surface area contributed by atoms with Crippen LogP contribution in [-0.2, 0) is 16.0 Å². The molecule has 0 saturated heterocycles. The molecule has 0 aliphatic heterocycles. The fourth-order valence-electron chi connectivity index (χ4n) is 3.91. The van der Waals surface area contributed by atoms with Gasteiger partial charge >= 0.3 is 0 Å². The van der Waals surface area contributed by atoms with Crippen molar-refractivity contribution >= 4 is 22.8 Å². The van der Waals surface area contributed by atoms with E-state index in [-0.39, 0.29) is 18.4 Å². The number of carboxylic acid groups (broad SMARTS) is 1. The van der Waals surface area contributed by atoms with Crippen molar-refractivity contribution < 1.29 is 14.7 Å². The van der Waals surface area contributed by atoms with E-state index in [1.54, 1.807) is 6.20 Å². The van der Waals surface area contributed by atoms with E-state index in [0.717, 1.165) is 60.6 Å². The number of aromatic nitrogens is 4. The summed E-state index contributed by atoms with van der Waals surface area (Å²) in [7, 11) is 0. The number of pyridine rings is 1. The lowest BCUT2D eigenvalue weighted by molar-refractivity contribution is -0.134. The van der Waals surface area contributed by atoms with Gasteiger partial charge in [-0.05, 0) is 44.2 Å². The first kappa shape index (κ1) is 22.4. The number of hydrogen-bond acceptors (Lipinski definition) is 6. The summed E-state index contributed by atoms with van der Waals surface area (Å²) in [6.45, 7) is 3.13. The summed E-state index contributed by atoms with van der Waals surface area (Å²) in [4.78, 5) is 29.6. The zero-order valence-corrected chi connectivity index (χ0v) is 17.8. The number of nitrogens with zero attached hydrogens (tertiary/aromatic N) is 4. The van der Waals surface area contributed by atoms with Gasteiger partial charge < -0.3 is 16.6 Å². The highest BCUT2D eigenvalue weighted by Gasteiger charge is 2.27. The first-order valence-electron chi connectivity index (χ1n) is 10.3. The number of carbonyl (C=O) groups is 2. The molecule has 4 rings (SSSR count). The van der Waals surface area contributed by atoms with Gasteiger partial charge in [-0.3, -0.25) is 14.6 Å². The molecule has 2 aromatic heterocycles. The van der Waals surface area contributed by atoms with Gasteiger partial charge in [0.2, 0.25) is 5.91 Å². The molecular formula is C22H28N6O3. The molecule has 1 aliphatic rings. The standard InChI is InChI=1S/C20H24N6O.C2H4O2/c1-12-3-2-4-15-16(9-10-23-19(12)15)26-20(13-5-7-14(21)8-6-13)24-18(25-26)11-17(22)27;1-2(3)4/h2-4,9-10,13-14H,5-8,11,21H2,1H3,(H2,22,27);1H3,(H,3,4). The van der Waals surface area contributed by atoms with Gasteiger partial charge in [-0.25, -0.2) is 9.67 Å². The van der Waals surface area contributed by atoms with Crippen LogP contribution in [0.5, 0.6) is 0 Å². The van der Waals surface area contributed by atoms with Gasteiger partial charge in [0.25, 0.3) is 5.97 Å². The van der Waals surface area contributed by atoms with Gasteiger partial charge in [0, 0.05) is 30.5 Å². The van der Waals surface area contributed by atoms with Crippen molar-refractivity contribution in [2.24, 2.45) is 11.5 Å². The van der Waals surface area contributed by atoms with Crippen LogP contribution in [0.2, 0.25) is 0 Å². The number of hydrogen-bond donors (Lipinski definition) is 3. The molecule has 31 heavy (non-hydrogen) atoms. The maximum atomic E-state index is 11.4. The molecule has 1 aliphatic carbocycles. The Morgan fingerprint density at radius 2 is 1.87 bits per heavy atom. The number of amides is 1. The Bertz CT molecular complexity index is 1080. The van der Waals surface area contributed by atoms with Crippen molar-refractivity contribution in [1.82, 2.24) is 19.7 Å². The van der Waals surface area contributed by atoms with E-state index in [1.807, 2.05) is 35.9 Å². The summed E-state index contributed by atoms with van der Waals surface area (Å²) in [5.74, 6) is 0.351. The Balaban J connectivity index is 0.000000628. The first-order chi connectivity index (χ1) is 14.8. The highest BCUT2D eigenvalue weighted by Crippen LogP contribution is 2.33. The van der Waals surface area contributed by atoms with E-state index >= 15 is 0 Å². The van der Waals surface area contributed by atoms with Crippen LogP contribution in [0.3, 0.4) is 0 Å². The van der Waals surface area contributed by atoms with Crippen molar-refractivity contribution in [2.75, 3.05) is 0 Å². The number of carbonyl (C=O) groups excluding carboxylic acids is 1. The molecule has 3 aromatic rings. The monoisotopic (exact) mass is 424 g/mol. The normalized spacial score (nSPS) is 18.3. The SMILES string of the molecule is CC(=O)O.Cc1cccc2c(-n3nc(CC(N)=O)nc3C3CCC(N)CC3)ccnc12. The molecular weight excluding hydrogens is 396 g/mol. The molecule has 164 valence electrons. The average Bonchev–Trinajstić information content (AvgIpc) is 3.11. The van der Waals surface area contributed by atoms with Crippen LogP contribution in [0.1, 0.15) is 55.7 Å². The molecule has 1 saturated carbocycles. The minimum atomic E-state index is -0.833. The zero-order valence-electron chi connectivity index (χ0n) is 17.8. The van der Waals surface area contributed by atoms with Crippen LogP contribution >= 0.6 is 0 Å². The number of aryl methyl sites for hydroxylation is 1. The molecule has 0 atom stereocenters. The third-order valence-electron chi connectivity index (χ3n) is 5.32. The second kappa shape index (κ2) is 9.65. The van der Waals surface area contributed by atoms with Gasteiger partial charge in [-0.1, -0.05) is 18.2 Å². The van der Waals surface area contributed by atoms with Gasteiger partial charge in [0.15, 0.2) is 5.82 Å². The number of rotatable bonds is 4. The molecule has 0 bridgehead atoms. The Labute approximate surface area is 180 Å². The topological polar surface area (TPSA) is 150 Å². The fourth-order valence-corrected chi connectivity index (χ4v) is 3.91. The lowest BCUT2D eigenvalue weighted by Crippen LogP contribution is -2.26. The Morgan fingerprint density at radius 1 is 1.19 bits per heavy atom. The quantitative estimate of drug-likeness (QED) is 0.581. The zero-order chi connectivity index (χ0) is 22.5. The second-order valence-corrected chi connectivity index (χ2v) is 7.87. The lowest BCUT2D eigenvalue weighted by atomic mass is 9.86. The molecule has 9 heteroatoms.